The zero-order valence-corrected chi connectivity index (χ0v) is 10.6. The van der Waals surface area contributed by atoms with Gasteiger partial charge in [-0.1, -0.05) is 0 Å². The van der Waals surface area contributed by atoms with Crippen LogP contribution in [0.25, 0.3) is 10.9 Å². The fourth-order valence-corrected chi connectivity index (χ4v) is 2.75. The van der Waals surface area contributed by atoms with E-state index >= 15 is 0 Å². The summed E-state index contributed by atoms with van der Waals surface area (Å²) in [5.41, 5.74) is 0.950. The maximum absolute atomic E-state index is 13.1. The number of amides is 1. The van der Waals surface area contributed by atoms with Crippen LogP contribution in [0.5, 0.6) is 0 Å². The van der Waals surface area contributed by atoms with Gasteiger partial charge in [0.25, 0.3) is 0 Å². The Hall–Kier alpha value is -2.37. The molecule has 104 valence electrons. The average Bonchev–Trinajstić information content (AvgIpc) is 3.03. The number of Topliss-reactive ketones (excluding diaryl/α,β-unsaturated/α-hetero) is 1. The van der Waals surface area contributed by atoms with Crippen LogP contribution in [0.15, 0.2) is 24.4 Å². The van der Waals surface area contributed by atoms with Crippen molar-refractivity contribution in [2.24, 2.45) is 0 Å². The van der Waals surface area contributed by atoms with Gasteiger partial charge in [-0.25, -0.2) is 9.18 Å². The van der Waals surface area contributed by atoms with Gasteiger partial charge in [0.1, 0.15) is 5.82 Å². The Balaban J connectivity index is 1.98. The lowest BCUT2D eigenvalue weighted by molar-refractivity contribution is 0.0846. The van der Waals surface area contributed by atoms with Gasteiger partial charge >= 0.3 is 6.09 Å². The minimum atomic E-state index is -1.08. The summed E-state index contributed by atoms with van der Waals surface area (Å²) in [7, 11) is 0. The number of nitrogens with zero attached hydrogens (tertiary/aromatic N) is 1. The molecule has 20 heavy (non-hydrogen) atoms. The molecular formula is C14H13FN2O3. The third-order valence-electron chi connectivity index (χ3n) is 3.71. The van der Waals surface area contributed by atoms with Gasteiger partial charge in [0.2, 0.25) is 0 Å². The molecule has 0 bridgehead atoms. The van der Waals surface area contributed by atoms with E-state index in [1.54, 1.807) is 0 Å². The van der Waals surface area contributed by atoms with Crippen LogP contribution in [-0.2, 0) is 0 Å². The average molecular weight is 276 g/mol. The number of H-pyrrole nitrogens is 1. The van der Waals surface area contributed by atoms with Crippen LogP contribution < -0.4 is 0 Å². The van der Waals surface area contributed by atoms with Crippen LogP contribution >= 0.6 is 0 Å². The van der Waals surface area contributed by atoms with Crippen molar-refractivity contribution in [3.05, 3.63) is 35.8 Å². The van der Waals surface area contributed by atoms with E-state index in [1.165, 1.54) is 29.3 Å². The van der Waals surface area contributed by atoms with E-state index in [0.717, 1.165) is 0 Å². The molecular weight excluding hydrogens is 263 g/mol. The number of ketones is 1. The van der Waals surface area contributed by atoms with Crippen molar-refractivity contribution < 1.29 is 19.1 Å². The largest absolute Gasteiger partial charge is 0.465 e. The van der Waals surface area contributed by atoms with E-state index in [9.17, 15) is 14.0 Å². The molecule has 0 saturated carbocycles. The van der Waals surface area contributed by atoms with Gasteiger partial charge in [0.05, 0.1) is 6.04 Å². The SMILES string of the molecule is O=C(c1c[nH]c2cc(F)ccc12)[C@@H]1CCCN1C(=O)O. The standard InChI is InChI=1S/C14H13FN2O3/c15-8-3-4-9-10(7-16-11(9)6-8)13(18)12-2-1-5-17(12)14(19)20/h3-4,6-7,12,16H,1-2,5H2,(H,19,20)/t12-/m0/s1. The molecule has 2 aromatic rings. The fraction of sp³-hybridized carbons (Fsp3) is 0.286. The smallest absolute Gasteiger partial charge is 0.407 e. The van der Waals surface area contributed by atoms with E-state index in [-0.39, 0.29) is 11.6 Å². The molecule has 0 radical (unpaired) electrons. The lowest BCUT2D eigenvalue weighted by Gasteiger charge is -2.19. The van der Waals surface area contributed by atoms with E-state index in [4.69, 9.17) is 5.11 Å². The molecule has 3 rings (SSSR count). The summed E-state index contributed by atoms with van der Waals surface area (Å²) in [5.74, 6) is -0.617. The number of likely N-dealkylation sites (tertiary alicyclic amines) is 1. The Labute approximate surface area is 114 Å². The van der Waals surface area contributed by atoms with Crippen LogP contribution in [-0.4, -0.2) is 39.5 Å². The lowest BCUT2D eigenvalue weighted by atomic mass is 10.0. The normalized spacial score (nSPS) is 18.6. The molecule has 1 aromatic heterocycles. The maximum Gasteiger partial charge on any atom is 0.407 e. The second-order valence-electron chi connectivity index (χ2n) is 4.89. The van der Waals surface area contributed by atoms with Gasteiger partial charge in [-0.3, -0.25) is 9.69 Å². The van der Waals surface area contributed by atoms with E-state index in [2.05, 4.69) is 4.98 Å². The molecule has 6 heteroatoms. The zero-order chi connectivity index (χ0) is 14.3. The highest BCUT2D eigenvalue weighted by molar-refractivity contribution is 6.11. The van der Waals surface area contributed by atoms with Crippen molar-refractivity contribution in [2.45, 2.75) is 18.9 Å². The maximum atomic E-state index is 13.1. The quantitative estimate of drug-likeness (QED) is 0.828. The summed E-state index contributed by atoms with van der Waals surface area (Å²) in [4.78, 5) is 27.6. The van der Waals surface area contributed by atoms with Crippen molar-refractivity contribution in [1.82, 2.24) is 9.88 Å². The van der Waals surface area contributed by atoms with Gasteiger partial charge < -0.3 is 10.1 Å². The molecule has 0 spiro atoms. The molecule has 1 amide bonds. The van der Waals surface area contributed by atoms with Gasteiger partial charge in [-0.05, 0) is 31.0 Å². The highest BCUT2D eigenvalue weighted by Gasteiger charge is 2.35. The molecule has 0 aliphatic carbocycles. The summed E-state index contributed by atoms with van der Waals surface area (Å²) < 4.78 is 13.1. The molecule has 1 aliphatic heterocycles. The topological polar surface area (TPSA) is 73.4 Å². The number of fused-ring (bicyclic) bond motifs is 1. The monoisotopic (exact) mass is 276 g/mol. The first kappa shape index (κ1) is 12.7. The van der Waals surface area contributed by atoms with E-state index < -0.39 is 12.1 Å². The number of aromatic nitrogens is 1. The predicted molar refractivity (Wildman–Crippen MR) is 70.3 cm³/mol. The molecule has 1 saturated heterocycles. The Morgan fingerprint density at radius 2 is 2.20 bits per heavy atom. The number of hydrogen-bond donors (Lipinski definition) is 2. The number of benzene rings is 1. The van der Waals surface area contributed by atoms with Gasteiger partial charge in [-0.2, -0.15) is 0 Å². The first-order chi connectivity index (χ1) is 9.58. The minimum Gasteiger partial charge on any atom is -0.465 e. The van der Waals surface area contributed by atoms with Crippen LogP contribution in [0.3, 0.4) is 0 Å². The van der Waals surface area contributed by atoms with Crippen LogP contribution in [0.4, 0.5) is 9.18 Å². The molecule has 1 aliphatic rings. The predicted octanol–water partition coefficient (Wildman–Crippen LogP) is 2.63. The van der Waals surface area contributed by atoms with Crippen molar-refractivity contribution in [2.75, 3.05) is 6.54 Å². The first-order valence-electron chi connectivity index (χ1n) is 6.38. The number of carbonyl (C=O) groups excluding carboxylic acids is 1. The number of rotatable bonds is 2. The second kappa shape index (κ2) is 4.63. The van der Waals surface area contributed by atoms with Gasteiger partial charge in [0.15, 0.2) is 5.78 Å². The highest BCUT2D eigenvalue weighted by Crippen LogP contribution is 2.26. The summed E-state index contributed by atoms with van der Waals surface area (Å²) >= 11 is 0. The number of halogens is 1. The first-order valence-corrected chi connectivity index (χ1v) is 6.38. The summed E-state index contributed by atoms with van der Waals surface area (Å²) in [5, 5.41) is 9.72. The third kappa shape index (κ3) is 1.93. The number of hydrogen-bond acceptors (Lipinski definition) is 2. The fourth-order valence-electron chi connectivity index (χ4n) is 2.75. The Kier molecular flexibility index (Phi) is 2.93. The molecule has 2 N–H and O–H groups in total. The molecule has 1 aromatic carbocycles. The number of aromatic amines is 1. The zero-order valence-electron chi connectivity index (χ0n) is 10.6. The van der Waals surface area contributed by atoms with Crippen LogP contribution in [0.2, 0.25) is 0 Å². The summed E-state index contributed by atoms with van der Waals surface area (Å²) in [6.07, 6.45) is 1.65. The van der Waals surface area contributed by atoms with Crippen LogP contribution in [0, 0.1) is 5.82 Å². The number of nitrogens with one attached hydrogen (secondary N) is 1. The van der Waals surface area contributed by atoms with Gasteiger partial charge in [0, 0.05) is 29.2 Å². The Morgan fingerprint density at radius 1 is 1.40 bits per heavy atom. The Bertz CT molecular complexity index is 695. The minimum absolute atomic E-state index is 0.234. The van der Waals surface area contributed by atoms with Crippen molar-refractivity contribution in [1.29, 1.82) is 0 Å². The number of carboxylic acid groups (broad SMARTS) is 1. The summed E-state index contributed by atoms with van der Waals surface area (Å²) in [6, 6.07) is 3.50. The van der Waals surface area contributed by atoms with E-state index in [0.29, 0.717) is 35.9 Å². The lowest BCUT2D eigenvalue weighted by Crippen LogP contribution is -2.39. The van der Waals surface area contributed by atoms with Gasteiger partial charge in [-0.15, -0.1) is 0 Å². The third-order valence-corrected chi connectivity index (χ3v) is 3.71. The van der Waals surface area contributed by atoms with Crippen LogP contribution in [0.1, 0.15) is 23.2 Å². The van der Waals surface area contributed by atoms with E-state index in [1.807, 2.05) is 0 Å². The number of carbonyl (C=O) groups is 2. The summed E-state index contributed by atoms with van der Waals surface area (Å²) in [6.45, 7) is 0.378. The molecule has 2 heterocycles. The molecule has 1 fully saturated rings. The van der Waals surface area contributed by atoms with Crippen molar-refractivity contribution in [3.8, 4) is 0 Å². The van der Waals surface area contributed by atoms with Crippen molar-refractivity contribution >= 4 is 22.8 Å². The molecule has 5 nitrogen and oxygen atoms in total. The highest BCUT2D eigenvalue weighted by atomic mass is 19.1. The second-order valence-corrected chi connectivity index (χ2v) is 4.89. The Morgan fingerprint density at radius 3 is 2.95 bits per heavy atom. The molecule has 1 atom stereocenters. The van der Waals surface area contributed by atoms with Crippen molar-refractivity contribution in [3.63, 3.8) is 0 Å². The molecule has 0 unspecified atom stereocenters.